The third kappa shape index (κ3) is 5.20. The number of carbonyl (C=O) groups excluding carboxylic acids is 3. The molecule has 186 valence electrons. The first-order chi connectivity index (χ1) is 16.5. The molecule has 2 saturated heterocycles. The molecule has 0 spiro atoms. The van der Waals surface area contributed by atoms with E-state index >= 15 is 0 Å². The third-order valence-corrected chi connectivity index (χ3v) is 7.76. The molecule has 1 saturated carbocycles. The summed E-state index contributed by atoms with van der Waals surface area (Å²) in [6, 6.07) is 9.30. The SMILES string of the molecule is CCCN1CC(=O)N2[C@@H](CCSC)C(=O)N(C3CCCC3)C[C@@H]2N1C(=O)NCc1ccccc1. The first-order valence-electron chi connectivity index (χ1n) is 12.5. The Morgan fingerprint density at radius 1 is 1.15 bits per heavy atom. The van der Waals surface area contributed by atoms with E-state index in [0.29, 0.717) is 26.1 Å². The lowest BCUT2D eigenvalue weighted by Crippen LogP contribution is -2.77. The van der Waals surface area contributed by atoms with Crippen molar-refractivity contribution in [2.45, 2.75) is 70.2 Å². The molecule has 4 amide bonds. The van der Waals surface area contributed by atoms with Gasteiger partial charge in [-0.2, -0.15) is 11.8 Å². The number of hydrogen-bond donors (Lipinski definition) is 1. The lowest BCUT2D eigenvalue weighted by Gasteiger charge is -2.56. The second-order valence-corrected chi connectivity index (χ2v) is 10.4. The van der Waals surface area contributed by atoms with Crippen LogP contribution in [-0.4, -0.2) is 87.6 Å². The molecular formula is C25H37N5O3S. The molecular weight excluding hydrogens is 450 g/mol. The third-order valence-electron chi connectivity index (χ3n) is 7.12. The minimum Gasteiger partial charge on any atom is -0.334 e. The molecule has 0 radical (unpaired) electrons. The molecule has 0 aromatic heterocycles. The molecule has 4 rings (SSSR count). The average molecular weight is 488 g/mol. The summed E-state index contributed by atoms with van der Waals surface area (Å²) in [5, 5.41) is 6.66. The fraction of sp³-hybridized carbons (Fsp3) is 0.640. The van der Waals surface area contributed by atoms with Crippen LogP contribution in [0, 0.1) is 0 Å². The number of nitrogens with zero attached hydrogens (tertiary/aromatic N) is 4. The summed E-state index contributed by atoms with van der Waals surface area (Å²) in [7, 11) is 0. The predicted octanol–water partition coefficient (Wildman–Crippen LogP) is 2.90. The number of hydrazine groups is 1. The quantitative estimate of drug-likeness (QED) is 0.610. The number of benzene rings is 1. The standard InChI is InChI=1S/C25H37N5O3S/c1-3-14-27-18-23(31)29-21(13-15-34-2)24(32)28(20-11-7-8-12-20)17-22(29)30(27)25(33)26-16-19-9-5-4-6-10-19/h4-6,9-10,20-22H,3,7-8,11-18H2,1-2H3,(H,26,33)/t21-,22-/m0/s1. The highest BCUT2D eigenvalue weighted by Crippen LogP contribution is 2.33. The van der Waals surface area contributed by atoms with Gasteiger partial charge in [-0.25, -0.2) is 14.8 Å². The number of thioether (sulfide) groups is 1. The van der Waals surface area contributed by atoms with Gasteiger partial charge in [-0.3, -0.25) is 9.59 Å². The van der Waals surface area contributed by atoms with Gasteiger partial charge in [0.2, 0.25) is 11.8 Å². The van der Waals surface area contributed by atoms with Gasteiger partial charge in [-0.15, -0.1) is 0 Å². The topological polar surface area (TPSA) is 76.2 Å². The fourth-order valence-electron chi connectivity index (χ4n) is 5.51. The van der Waals surface area contributed by atoms with Crippen LogP contribution in [0.25, 0.3) is 0 Å². The van der Waals surface area contributed by atoms with E-state index in [2.05, 4.69) is 5.32 Å². The molecule has 2 heterocycles. The Balaban J connectivity index is 1.62. The van der Waals surface area contributed by atoms with Crippen molar-refractivity contribution in [3.63, 3.8) is 0 Å². The van der Waals surface area contributed by atoms with E-state index in [-0.39, 0.29) is 30.4 Å². The monoisotopic (exact) mass is 487 g/mol. The Bertz CT molecular complexity index is 863. The Hall–Kier alpha value is -2.26. The Labute approximate surface area is 207 Å². The van der Waals surface area contributed by atoms with Crippen molar-refractivity contribution in [2.75, 3.05) is 31.6 Å². The largest absolute Gasteiger partial charge is 0.334 e. The number of fused-ring (bicyclic) bond motifs is 1. The number of urea groups is 1. The van der Waals surface area contributed by atoms with Crippen LogP contribution in [0.3, 0.4) is 0 Å². The van der Waals surface area contributed by atoms with Gasteiger partial charge in [0, 0.05) is 19.1 Å². The molecule has 2 atom stereocenters. The van der Waals surface area contributed by atoms with E-state index in [9.17, 15) is 14.4 Å². The zero-order valence-electron chi connectivity index (χ0n) is 20.3. The van der Waals surface area contributed by atoms with Crippen LogP contribution in [0.5, 0.6) is 0 Å². The minimum absolute atomic E-state index is 0.0548. The van der Waals surface area contributed by atoms with Crippen molar-refractivity contribution in [3.05, 3.63) is 35.9 Å². The van der Waals surface area contributed by atoms with Crippen molar-refractivity contribution in [1.29, 1.82) is 0 Å². The Kier molecular flexibility index (Phi) is 8.37. The fourth-order valence-corrected chi connectivity index (χ4v) is 5.97. The summed E-state index contributed by atoms with van der Waals surface area (Å²) in [6.07, 6.45) is 7.22. The molecule has 0 unspecified atom stereocenters. The van der Waals surface area contributed by atoms with Crippen molar-refractivity contribution in [3.8, 4) is 0 Å². The van der Waals surface area contributed by atoms with Crippen LogP contribution in [-0.2, 0) is 16.1 Å². The first kappa shape index (κ1) is 24.9. The van der Waals surface area contributed by atoms with Crippen LogP contribution < -0.4 is 5.32 Å². The first-order valence-corrected chi connectivity index (χ1v) is 13.9. The lowest BCUT2D eigenvalue weighted by molar-refractivity contribution is -0.192. The van der Waals surface area contributed by atoms with Gasteiger partial charge in [0.15, 0.2) is 0 Å². The maximum Gasteiger partial charge on any atom is 0.334 e. The van der Waals surface area contributed by atoms with Crippen LogP contribution in [0.4, 0.5) is 4.79 Å². The van der Waals surface area contributed by atoms with Crippen molar-refractivity contribution in [2.24, 2.45) is 0 Å². The number of piperazine rings is 1. The summed E-state index contributed by atoms with van der Waals surface area (Å²) in [5.41, 5.74) is 1.02. The maximum absolute atomic E-state index is 13.6. The van der Waals surface area contributed by atoms with Crippen molar-refractivity contribution in [1.82, 2.24) is 25.1 Å². The van der Waals surface area contributed by atoms with Crippen LogP contribution in [0.1, 0.15) is 51.0 Å². The zero-order chi connectivity index (χ0) is 24.1. The van der Waals surface area contributed by atoms with Gasteiger partial charge >= 0.3 is 6.03 Å². The molecule has 2 aliphatic heterocycles. The van der Waals surface area contributed by atoms with Crippen LogP contribution in [0.2, 0.25) is 0 Å². The van der Waals surface area contributed by atoms with Gasteiger partial charge in [0.1, 0.15) is 12.2 Å². The van der Waals surface area contributed by atoms with E-state index in [1.54, 1.807) is 21.7 Å². The van der Waals surface area contributed by atoms with Crippen molar-refractivity contribution < 1.29 is 14.4 Å². The predicted molar refractivity (Wildman–Crippen MR) is 134 cm³/mol. The lowest BCUT2D eigenvalue weighted by atomic mass is 10.0. The van der Waals surface area contributed by atoms with Crippen LogP contribution >= 0.6 is 11.8 Å². The van der Waals surface area contributed by atoms with E-state index < -0.39 is 12.2 Å². The highest BCUT2D eigenvalue weighted by atomic mass is 32.2. The van der Waals surface area contributed by atoms with Gasteiger partial charge < -0.3 is 15.1 Å². The zero-order valence-corrected chi connectivity index (χ0v) is 21.1. The van der Waals surface area contributed by atoms with Gasteiger partial charge in [0.25, 0.3) is 0 Å². The summed E-state index contributed by atoms with van der Waals surface area (Å²) in [6.45, 7) is 3.58. The average Bonchev–Trinajstić information content (AvgIpc) is 3.37. The van der Waals surface area contributed by atoms with Gasteiger partial charge in [-0.05, 0) is 43.3 Å². The summed E-state index contributed by atoms with van der Waals surface area (Å²) in [5.74, 6) is 0.791. The van der Waals surface area contributed by atoms with E-state index in [1.807, 2.05) is 53.4 Å². The normalized spacial score (nSPS) is 24.0. The van der Waals surface area contributed by atoms with E-state index in [0.717, 1.165) is 43.4 Å². The highest BCUT2D eigenvalue weighted by molar-refractivity contribution is 7.98. The molecule has 8 nitrogen and oxygen atoms in total. The molecule has 0 bridgehead atoms. The number of nitrogens with one attached hydrogen (secondary N) is 1. The summed E-state index contributed by atoms with van der Waals surface area (Å²) < 4.78 is 0. The van der Waals surface area contributed by atoms with E-state index in [4.69, 9.17) is 0 Å². The number of rotatable bonds is 8. The molecule has 3 aliphatic rings. The summed E-state index contributed by atoms with van der Waals surface area (Å²) >= 11 is 1.68. The van der Waals surface area contributed by atoms with E-state index in [1.165, 1.54) is 0 Å². The smallest absolute Gasteiger partial charge is 0.334 e. The second kappa shape index (κ2) is 11.4. The van der Waals surface area contributed by atoms with Gasteiger partial charge in [0.05, 0.1) is 13.1 Å². The number of carbonyl (C=O) groups is 3. The molecule has 1 aromatic rings. The van der Waals surface area contributed by atoms with Gasteiger partial charge in [-0.1, -0.05) is 50.1 Å². The molecule has 34 heavy (non-hydrogen) atoms. The second-order valence-electron chi connectivity index (χ2n) is 9.38. The summed E-state index contributed by atoms with van der Waals surface area (Å²) in [4.78, 5) is 44.2. The molecule has 1 N–H and O–H groups in total. The van der Waals surface area contributed by atoms with Crippen molar-refractivity contribution >= 4 is 29.6 Å². The highest BCUT2D eigenvalue weighted by Gasteiger charge is 2.52. The van der Waals surface area contributed by atoms with Crippen LogP contribution in [0.15, 0.2) is 30.3 Å². The Morgan fingerprint density at radius 3 is 2.56 bits per heavy atom. The molecule has 1 aromatic carbocycles. The molecule has 3 fully saturated rings. The number of amides is 4. The number of hydrogen-bond acceptors (Lipinski definition) is 5. The Morgan fingerprint density at radius 2 is 1.88 bits per heavy atom. The molecule has 9 heteroatoms. The molecule has 1 aliphatic carbocycles. The maximum atomic E-state index is 13.6. The minimum atomic E-state index is -0.507.